The number of benzene rings is 2. The number of rotatable bonds is 8. The van der Waals surface area contributed by atoms with Crippen LogP contribution in [0.5, 0.6) is 0 Å². The molecular formula is C25H31Cl2N3O2. The monoisotopic (exact) mass is 475 g/mol. The highest BCUT2D eigenvalue weighted by Crippen LogP contribution is 2.22. The smallest absolute Gasteiger partial charge is 0.243 e. The second-order valence-electron chi connectivity index (χ2n) is 8.73. The molecule has 1 atom stereocenters. The van der Waals surface area contributed by atoms with E-state index in [4.69, 9.17) is 23.2 Å². The fourth-order valence-electron chi connectivity index (χ4n) is 4.14. The number of nitrogens with zero attached hydrogens (tertiary/aromatic N) is 1. The van der Waals surface area contributed by atoms with E-state index in [-0.39, 0.29) is 24.3 Å². The zero-order valence-electron chi connectivity index (χ0n) is 18.6. The first-order valence-electron chi connectivity index (χ1n) is 11.0. The van der Waals surface area contributed by atoms with E-state index in [9.17, 15) is 9.59 Å². The van der Waals surface area contributed by atoms with Crippen molar-refractivity contribution in [3.8, 4) is 0 Å². The Balaban J connectivity index is 1.64. The van der Waals surface area contributed by atoms with Crippen LogP contribution >= 0.6 is 23.2 Å². The van der Waals surface area contributed by atoms with Crippen molar-refractivity contribution in [1.82, 2.24) is 15.5 Å². The number of carbonyl (C=O) groups excluding carboxylic acids is 2. The van der Waals surface area contributed by atoms with E-state index in [0.717, 1.165) is 36.8 Å². The summed E-state index contributed by atoms with van der Waals surface area (Å²) in [4.78, 5) is 28.1. The third-order valence-electron chi connectivity index (χ3n) is 6.06. The van der Waals surface area contributed by atoms with Crippen LogP contribution in [0.1, 0.15) is 36.8 Å². The van der Waals surface area contributed by atoms with E-state index in [1.807, 2.05) is 24.3 Å². The molecule has 1 aliphatic carbocycles. The minimum atomic E-state index is -0.650. The maximum atomic E-state index is 13.2. The first kappa shape index (κ1) is 24.6. The van der Waals surface area contributed by atoms with Crippen molar-refractivity contribution in [2.75, 3.05) is 14.1 Å². The van der Waals surface area contributed by atoms with E-state index in [0.29, 0.717) is 22.5 Å². The van der Waals surface area contributed by atoms with Crippen LogP contribution in [0.2, 0.25) is 10.0 Å². The molecule has 1 fully saturated rings. The zero-order chi connectivity index (χ0) is 23.1. The van der Waals surface area contributed by atoms with Gasteiger partial charge in [0.05, 0.1) is 6.42 Å². The van der Waals surface area contributed by atoms with Crippen LogP contribution in [0.3, 0.4) is 0 Å². The fraction of sp³-hybridized carbons (Fsp3) is 0.440. The highest BCUT2D eigenvalue weighted by atomic mass is 35.5. The Hall–Kier alpha value is -2.08. The summed E-state index contributed by atoms with van der Waals surface area (Å²) in [6.45, 7) is 0. The van der Waals surface area contributed by atoms with Crippen LogP contribution in [0, 0.1) is 0 Å². The second kappa shape index (κ2) is 11.7. The summed E-state index contributed by atoms with van der Waals surface area (Å²) in [5.74, 6) is -0.338. The largest absolute Gasteiger partial charge is 0.352 e. The van der Waals surface area contributed by atoms with Gasteiger partial charge in [0, 0.05) is 28.5 Å². The Kier molecular flexibility index (Phi) is 8.97. The van der Waals surface area contributed by atoms with E-state index in [1.54, 1.807) is 24.3 Å². The average Bonchev–Trinajstić information content (AvgIpc) is 2.76. The maximum absolute atomic E-state index is 13.2. The molecule has 1 aliphatic rings. The first-order valence-corrected chi connectivity index (χ1v) is 11.8. The summed E-state index contributed by atoms with van der Waals surface area (Å²) in [7, 11) is 4.20. The Morgan fingerprint density at radius 3 is 1.97 bits per heavy atom. The van der Waals surface area contributed by atoms with E-state index in [1.165, 1.54) is 0 Å². The summed E-state index contributed by atoms with van der Waals surface area (Å²) in [6, 6.07) is 14.6. The molecule has 2 aromatic carbocycles. The summed E-state index contributed by atoms with van der Waals surface area (Å²) < 4.78 is 0. The molecule has 2 aromatic rings. The summed E-state index contributed by atoms with van der Waals surface area (Å²) in [6.07, 6.45) is 4.60. The minimum absolute atomic E-state index is 0.139. The molecule has 0 aromatic heterocycles. The number of hydrogen-bond acceptors (Lipinski definition) is 3. The Morgan fingerprint density at radius 2 is 1.44 bits per heavy atom. The number of hydrogen-bond donors (Lipinski definition) is 2. The van der Waals surface area contributed by atoms with E-state index in [2.05, 4.69) is 29.6 Å². The number of amides is 2. The molecule has 0 bridgehead atoms. The van der Waals surface area contributed by atoms with Crippen molar-refractivity contribution in [3.05, 3.63) is 69.7 Å². The summed E-state index contributed by atoms with van der Waals surface area (Å²) in [5, 5.41) is 7.37. The van der Waals surface area contributed by atoms with Crippen molar-refractivity contribution in [2.24, 2.45) is 0 Å². The standard InChI is InChI=1S/C25H31Cl2N3O2/c1-30(2)22-13-11-21(12-14-22)28-25(32)23(15-17-3-7-19(26)8-4-17)29-24(31)16-18-5-9-20(27)10-6-18/h3-10,21-23H,11-16H2,1-2H3,(H,28,32)(H,29,31)/t21?,22?,23-/m1/s1. The van der Waals surface area contributed by atoms with Gasteiger partial charge in [-0.3, -0.25) is 9.59 Å². The quantitative estimate of drug-likeness (QED) is 0.599. The van der Waals surface area contributed by atoms with Gasteiger partial charge in [0.15, 0.2) is 0 Å². The van der Waals surface area contributed by atoms with Crippen molar-refractivity contribution >= 4 is 35.0 Å². The van der Waals surface area contributed by atoms with Crippen LogP contribution in [0.15, 0.2) is 48.5 Å². The molecule has 0 saturated heterocycles. The van der Waals surface area contributed by atoms with Gasteiger partial charge in [-0.25, -0.2) is 0 Å². The fourth-order valence-corrected chi connectivity index (χ4v) is 4.39. The lowest BCUT2D eigenvalue weighted by Gasteiger charge is -2.33. The Bertz CT molecular complexity index is 892. The summed E-state index contributed by atoms with van der Waals surface area (Å²) >= 11 is 11.9. The lowest BCUT2D eigenvalue weighted by atomic mass is 9.90. The number of nitrogens with one attached hydrogen (secondary N) is 2. The van der Waals surface area contributed by atoms with Crippen molar-refractivity contribution < 1.29 is 9.59 Å². The molecule has 1 saturated carbocycles. The minimum Gasteiger partial charge on any atom is -0.352 e. The van der Waals surface area contributed by atoms with Crippen LogP contribution < -0.4 is 10.6 Å². The van der Waals surface area contributed by atoms with Gasteiger partial charge < -0.3 is 15.5 Å². The van der Waals surface area contributed by atoms with E-state index >= 15 is 0 Å². The number of carbonyl (C=O) groups is 2. The van der Waals surface area contributed by atoms with Crippen LogP contribution in [-0.4, -0.2) is 48.9 Å². The highest BCUT2D eigenvalue weighted by Gasteiger charge is 2.27. The third-order valence-corrected chi connectivity index (χ3v) is 6.56. The van der Waals surface area contributed by atoms with Gasteiger partial charge in [-0.15, -0.1) is 0 Å². The molecule has 7 heteroatoms. The lowest BCUT2D eigenvalue weighted by molar-refractivity contribution is -0.129. The highest BCUT2D eigenvalue weighted by molar-refractivity contribution is 6.30. The molecule has 2 amide bonds. The molecule has 172 valence electrons. The van der Waals surface area contributed by atoms with Gasteiger partial charge in [-0.05, 0) is 75.2 Å². The first-order chi connectivity index (χ1) is 15.3. The summed E-state index contributed by atoms with van der Waals surface area (Å²) in [5.41, 5.74) is 1.79. The van der Waals surface area contributed by atoms with Gasteiger partial charge in [-0.1, -0.05) is 47.5 Å². The van der Waals surface area contributed by atoms with Crippen LogP contribution in [-0.2, 0) is 22.4 Å². The number of halogens is 2. The Morgan fingerprint density at radius 1 is 0.906 bits per heavy atom. The molecular weight excluding hydrogens is 445 g/mol. The van der Waals surface area contributed by atoms with Crippen LogP contribution in [0.25, 0.3) is 0 Å². The SMILES string of the molecule is CN(C)C1CCC(NC(=O)[C@@H](Cc2ccc(Cl)cc2)NC(=O)Cc2ccc(Cl)cc2)CC1. The van der Waals surface area contributed by atoms with Gasteiger partial charge in [-0.2, -0.15) is 0 Å². The predicted molar refractivity (Wildman–Crippen MR) is 130 cm³/mol. The topological polar surface area (TPSA) is 61.4 Å². The van der Waals surface area contributed by atoms with Gasteiger partial charge in [0.2, 0.25) is 11.8 Å². The molecule has 0 aliphatic heterocycles. The molecule has 0 heterocycles. The molecule has 2 N–H and O–H groups in total. The van der Waals surface area contributed by atoms with Crippen molar-refractivity contribution in [3.63, 3.8) is 0 Å². The van der Waals surface area contributed by atoms with Crippen molar-refractivity contribution in [1.29, 1.82) is 0 Å². The van der Waals surface area contributed by atoms with Crippen molar-refractivity contribution in [2.45, 2.75) is 56.7 Å². The van der Waals surface area contributed by atoms with Crippen LogP contribution in [0.4, 0.5) is 0 Å². The second-order valence-corrected chi connectivity index (χ2v) is 9.60. The predicted octanol–water partition coefficient (Wildman–Crippen LogP) is 4.25. The van der Waals surface area contributed by atoms with Gasteiger partial charge >= 0.3 is 0 Å². The van der Waals surface area contributed by atoms with E-state index < -0.39 is 6.04 Å². The lowest BCUT2D eigenvalue weighted by Crippen LogP contribution is -2.52. The molecule has 5 nitrogen and oxygen atoms in total. The zero-order valence-corrected chi connectivity index (χ0v) is 20.1. The molecule has 32 heavy (non-hydrogen) atoms. The third kappa shape index (κ3) is 7.51. The molecule has 0 unspecified atom stereocenters. The average molecular weight is 476 g/mol. The molecule has 3 rings (SSSR count). The Labute approximate surface area is 200 Å². The maximum Gasteiger partial charge on any atom is 0.243 e. The van der Waals surface area contributed by atoms with Gasteiger partial charge in [0.1, 0.15) is 6.04 Å². The normalized spacial score (nSPS) is 19.4. The molecule has 0 spiro atoms. The molecule has 0 radical (unpaired) electrons. The van der Waals surface area contributed by atoms with Gasteiger partial charge in [0.25, 0.3) is 0 Å².